The highest BCUT2D eigenvalue weighted by Crippen LogP contribution is 2.16. The van der Waals surface area contributed by atoms with Crippen molar-refractivity contribution in [2.24, 2.45) is 5.73 Å². The lowest BCUT2D eigenvalue weighted by Crippen LogP contribution is -2.34. The molecular formula is C10H19N3S. The molecule has 0 bridgehead atoms. The molecule has 3 nitrogen and oxygen atoms in total. The standard InChI is InChI=1S/C10H19N3S/c1-4-9(11)5-12-8(3)10-13-7(2)6-14-10/h6,8-9,12H,4-5,11H2,1-3H3. The molecule has 2 unspecified atom stereocenters. The van der Waals surface area contributed by atoms with Gasteiger partial charge in [0.05, 0.1) is 6.04 Å². The van der Waals surface area contributed by atoms with Crippen molar-refractivity contribution in [2.75, 3.05) is 6.54 Å². The molecule has 0 aromatic carbocycles. The molecule has 0 spiro atoms. The Morgan fingerprint density at radius 3 is 2.86 bits per heavy atom. The van der Waals surface area contributed by atoms with Crippen molar-refractivity contribution in [3.05, 3.63) is 16.1 Å². The highest BCUT2D eigenvalue weighted by atomic mass is 32.1. The molecule has 80 valence electrons. The van der Waals surface area contributed by atoms with Crippen LogP contribution in [0.15, 0.2) is 5.38 Å². The summed E-state index contributed by atoms with van der Waals surface area (Å²) in [6.45, 7) is 7.10. The lowest BCUT2D eigenvalue weighted by Gasteiger charge is -2.14. The van der Waals surface area contributed by atoms with Crippen molar-refractivity contribution < 1.29 is 0 Å². The molecule has 3 N–H and O–H groups in total. The summed E-state index contributed by atoms with van der Waals surface area (Å²) in [5.74, 6) is 0. The lowest BCUT2D eigenvalue weighted by atomic mass is 10.2. The Hall–Kier alpha value is -0.450. The topological polar surface area (TPSA) is 50.9 Å². The third kappa shape index (κ3) is 3.36. The van der Waals surface area contributed by atoms with E-state index in [0.717, 1.165) is 23.7 Å². The van der Waals surface area contributed by atoms with Crippen molar-refractivity contribution in [3.8, 4) is 0 Å². The molecular weight excluding hydrogens is 194 g/mol. The molecule has 4 heteroatoms. The third-order valence-corrected chi connectivity index (χ3v) is 3.36. The molecule has 2 atom stereocenters. The number of nitrogens with zero attached hydrogens (tertiary/aromatic N) is 1. The molecule has 1 rings (SSSR count). The molecule has 0 amide bonds. The second kappa shape index (κ2) is 5.44. The van der Waals surface area contributed by atoms with Gasteiger partial charge < -0.3 is 11.1 Å². The Kier molecular flexibility index (Phi) is 4.51. The minimum Gasteiger partial charge on any atom is -0.327 e. The van der Waals surface area contributed by atoms with Crippen LogP contribution in [0.4, 0.5) is 0 Å². The van der Waals surface area contributed by atoms with E-state index in [0.29, 0.717) is 6.04 Å². The van der Waals surface area contributed by atoms with Gasteiger partial charge in [0.1, 0.15) is 5.01 Å². The predicted octanol–water partition coefficient (Wildman–Crippen LogP) is 1.84. The van der Waals surface area contributed by atoms with Crippen LogP contribution in [0.2, 0.25) is 0 Å². The number of hydrogen-bond donors (Lipinski definition) is 2. The van der Waals surface area contributed by atoms with E-state index < -0.39 is 0 Å². The third-order valence-electron chi connectivity index (χ3n) is 2.22. The smallest absolute Gasteiger partial charge is 0.110 e. The fraction of sp³-hybridized carbons (Fsp3) is 0.700. The first-order valence-corrected chi connectivity index (χ1v) is 5.92. The normalized spacial score (nSPS) is 15.4. The van der Waals surface area contributed by atoms with Crippen molar-refractivity contribution >= 4 is 11.3 Å². The Labute approximate surface area is 89.7 Å². The molecule has 0 aliphatic carbocycles. The monoisotopic (exact) mass is 213 g/mol. The molecule has 0 fully saturated rings. The minimum atomic E-state index is 0.249. The molecule has 0 saturated carbocycles. The van der Waals surface area contributed by atoms with Gasteiger partial charge >= 0.3 is 0 Å². The summed E-state index contributed by atoms with van der Waals surface area (Å²) in [4.78, 5) is 4.43. The maximum absolute atomic E-state index is 5.83. The molecule has 1 heterocycles. The number of aromatic nitrogens is 1. The second-order valence-electron chi connectivity index (χ2n) is 3.63. The molecule has 0 aliphatic rings. The number of hydrogen-bond acceptors (Lipinski definition) is 4. The van der Waals surface area contributed by atoms with E-state index in [1.807, 2.05) is 6.92 Å². The fourth-order valence-electron chi connectivity index (χ4n) is 1.13. The Bertz CT molecular complexity index is 272. The summed E-state index contributed by atoms with van der Waals surface area (Å²) < 4.78 is 0. The maximum atomic E-state index is 5.83. The summed E-state index contributed by atoms with van der Waals surface area (Å²) in [7, 11) is 0. The van der Waals surface area contributed by atoms with Crippen LogP contribution in [0, 0.1) is 6.92 Å². The Morgan fingerprint density at radius 1 is 1.64 bits per heavy atom. The van der Waals surface area contributed by atoms with E-state index in [1.54, 1.807) is 11.3 Å². The summed E-state index contributed by atoms with van der Waals surface area (Å²) in [6, 6.07) is 0.560. The van der Waals surface area contributed by atoms with E-state index in [1.165, 1.54) is 0 Å². The molecule has 0 saturated heterocycles. The molecule has 1 aromatic heterocycles. The van der Waals surface area contributed by atoms with Crippen LogP contribution in [0.5, 0.6) is 0 Å². The first kappa shape index (κ1) is 11.6. The average molecular weight is 213 g/mol. The van der Waals surface area contributed by atoms with Gasteiger partial charge in [0, 0.05) is 23.7 Å². The SMILES string of the molecule is CCC(N)CNC(C)c1nc(C)cs1. The first-order valence-electron chi connectivity index (χ1n) is 5.04. The van der Waals surface area contributed by atoms with Crippen molar-refractivity contribution in [2.45, 2.75) is 39.3 Å². The van der Waals surface area contributed by atoms with Crippen LogP contribution in [0.1, 0.15) is 37.0 Å². The average Bonchev–Trinajstić information content (AvgIpc) is 2.60. The largest absolute Gasteiger partial charge is 0.327 e. The number of thiazole rings is 1. The van der Waals surface area contributed by atoms with Gasteiger partial charge in [-0.2, -0.15) is 0 Å². The number of nitrogens with two attached hydrogens (primary N) is 1. The number of aryl methyl sites for hydroxylation is 1. The summed E-state index contributed by atoms with van der Waals surface area (Å²) in [5.41, 5.74) is 6.92. The van der Waals surface area contributed by atoms with E-state index in [9.17, 15) is 0 Å². The Morgan fingerprint density at radius 2 is 2.36 bits per heavy atom. The molecule has 1 aromatic rings. The molecule has 0 aliphatic heterocycles. The zero-order chi connectivity index (χ0) is 10.6. The van der Waals surface area contributed by atoms with Crippen LogP contribution in [-0.2, 0) is 0 Å². The lowest BCUT2D eigenvalue weighted by molar-refractivity contribution is 0.506. The van der Waals surface area contributed by atoms with Crippen molar-refractivity contribution in [3.63, 3.8) is 0 Å². The number of rotatable bonds is 5. The predicted molar refractivity (Wildman–Crippen MR) is 61.5 cm³/mol. The van der Waals surface area contributed by atoms with Gasteiger partial charge in [-0.1, -0.05) is 6.92 Å². The first-order chi connectivity index (χ1) is 6.63. The van der Waals surface area contributed by atoms with Crippen LogP contribution in [-0.4, -0.2) is 17.6 Å². The van der Waals surface area contributed by atoms with Crippen LogP contribution in [0.3, 0.4) is 0 Å². The number of nitrogens with one attached hydrogen (secondary N) is 1. The van der Waals surface area contributed by atoms with Gasteiger partial charge in [0.25, 0.3) is 0 Å². The van der Waals surface area contributed by atoms with E-state index in [2.05, 4.69) is 29.5 Å². The van der Waals surface area contributed by atoms with Crippen LogP contribution >= 0.6 is 11.3 Å². The van der Waals surface area contributed by atoms with E-state index in [4.69, 9.17) is 5.73 Å². The zero-order valence-corrected chi connectivity index (χ0v) is 9.90. The van der Waals surface area contributed by atoms with Crippen LogP contribution < -0.4 is 11.1 Å². The van der Waals surface area contributed by atoms with Gasteiger partial charge in [-0.15, -0.1) is 11.3 Å². The van der Waals surface area contributed by atoms with Crippen LogP contribution in [0.25, 0.3) is 0 Å². The van der Waals surface area contributed by atoms with Gasteiger partial charge in [0.2, 0.25) is 0 Å². The maximum Gasteiger partial charge on any atom is 0.110 e. The highest BCUT2D eigenvalue weighted by Gasteiger charge is 2.09. The summed E-state index contributed by atoms with van der Waals surface area (Å²) >= 11 is 1.70. The summed E-state index contributed by atoms with van der Waals surface area (Å²) in [5, 5.41) is 6.61. The zero-order valence-electron chi connectivity index (χ0n) is 9.08. The van der Waals surface area contributed by atoms with Gasteiger partial charge in [-0.3, -0.25) is 0 Å². The second-order valence-corrected chi connectivity index (χ2v) is 4.52. The van der Waals surface area contributed by atoms with Gasteiger partial charge in [-0.05, 0) is 20.3 Å². The van der Waals surface area contributed by atoms with Gasteiger partial charge in [0.15, 0.2) is 0 Å². The van der Waals surface area contributed by atoms with E-state index in [-0.39, 0.29) is 6.04 Å². The van der Waals surface area contributed by atoms with Crippen molar-refractivity contribution in [1.82, 2.24) is 10.3 Å². The Balaban J connectivity index is 2.39. The molecule has 0 radical (unpaired) electrons. The van der Waals surface area contributed by atoms with E-state index >= 15 is 0 Å². The summed E-state index contributed by atoms with van der Waals surface area (Å²) in [6.07, 6.45) is 1.01. The fourth-order valence-corrected chi connectivity index (χ4v) is 1.96. The quantitative estimate of drug-likeness (QED) is 0.784. The molecule has 14 heavy (non-hydrogen) atoms. The highest BCUT2D eigenvalue weighted by molar-refractivity contribution is 7.09. The van der Waals surface area contributed by atoms with Gasteiger partial charge in [-0.25, -0.2) is 4.98 Å². The minimum absolute atomic E-state index is 0.249. The van der Waals surface area contributed by atoms with Crippen molar-refractivity contribution in [1.29, 1.82) is 0 Å².